The topological polar surface area (TPSA) is 50.2 Å². The summed E-state index contributed by atoms with van der Waals surface area (Å²) in [6.45, 7) is 1.72. The fourth-order valence-electron chi connectivity index (χ4n) is 1.82. The molecule has 0 bridgehead atoms. The third kappa shape index (κ3) is 2.63. The lowest BCUT2D eigenvalue weighted by atomic mass is 9.92. The van der Waals surface area contributed by atoms with E-state index in [9.17, 15) is 9.90 Å². The molecule has 0 saturated carbocycles. The van der Waals surface area contributed by atoms with Crippen molar-refractivity contribution < 1.29 is 9.90 Å². The van der Waals surface area contributed by atoms with Gasteiger partial charge in [-0.3, -0.25) is 9.78 Å². The first-order chi connectivity index (χ1) is 8.70. The van der Waals surface area contributed by atoms with Gasteiger partial charge in [0, 0.05) is 11.8 Å². The fraction of sp³-hybridized carbons (Fsp3) is 0.200. The fourth-order valence-corrected chi connectivity index (χ4v) is 1.82. The summed E-state index contributed by atoms with van der Waals surface area (Å²) in [5.41, 5.74) is 1.13. The third-order valence-corrected chi connectivity index (χ3v) is 2.94. The van der Waals surface area contributed by atoms with Crippen LogP contribution in [0.3, 0.4) is 0 Å². The van der Waals surface area contributed by atoms with E-state index in [1.54, 1.807) is 43.5 Å². The van der Waals surface area contributed by atoms with Gasteiger partial charge in [-0.15, -0.1) is 0 Å². The van der Waals surface area contributed by atoms with Gasteiger partial charge in [-0.2, -0.15) is 0 Å². The number of carbonyl (C=O) groups is 1. The zero-order valence-electron chi connectivity index (χ0n) is 10.2. The van der Waals surface area contributed by atoms with Gasteiger partial charge < -0.3 is 5.11 Å². The molecular weight excluding hydrogens is 226 g/mol. The van der Waals surface area contributed by atoms with E-state index in [0.717, 1.165) is 0 Å². The number of carbonyl (C=O) groups excluding carboxylic acids is 1. The summed E-state index contributed by atoms with van der Waals surface area (Å²) in [5.74, 6) is -0.587. The van der Waals surface area contributed by atoms with Crippen LogP contribution in [0.5, 0.6) is 0 Å². The number of Topliss-reactive ketones (excluding diaryl/α,β-unsaturated/α-hetero) is 1. The first-order valence-electron chi connectivity index (χ1n) is 5.88. The molecule has 0 fully saturated rings. The molecule has 3 heteroatoms. The molecule has 1 aromatic carbocycles. The summed E-state index contributed by atoms with van der Waals surface area (Å²) in [4.78, 5) is 16.2. The number of benzene rings is 1. The normalized spacial score (nSPS) is 13.9. The Morgan fingerprint density at radius 1 is 1.11 bits per heavy atom. The van der Waals surface area contributed by atoms with Crippen LogP contribution < -0.4 is 0 Å². The van der Waals surface area contributed by atoms with Gasteiger partial charge in [-0.05, 0) is 12.1 Å². The molecule has 3 nitrogen and oxygen atoms in total. The Kier molecular flexibility index (Phi) is 3.85. The van der Waals surface area contributed by atoms with E-state index in [4.69, 9.17) is 0 Å². The molecule has 0 aliphatic carbocycles. The van der Waals surface area contributed by atoms with E-state index in [2.05, 4.69) is 4.98 Å². The van der Waals surface area contributed by atoms with Crippen molar-refractivity contribution in [2.24, 2.45) is 5.92 Å². The molecule has 92 valence electrons. The monoisotopic (exact) mass is 241 g/mol. The Bertz CT molecular complexity index is 511. The SMILES string of the molecule is CC(C(=O)c1ccccc1)C(O)c1ccccn1. The Hall–Kier alpha value is -2.00. The minimum atomic E-state index is -0.876. The van der Waals surface area contributed by atoms with E-state index in [-0.39, 0.29) is 5.78 Å². The van der Waals surface area contributed by atoms with Crippen molar-refractivity contribution in [2.75, 3.05) is 0 Å². The molecule has 0 aliphatic rings. The third-order valence-electron chi connectivity index (χ3n) is 2.94. The van der Waals surface area contributed by atoms with E-state index >= 15 is 0 Å². The predicted molar refractivity (Wildman–Crippen MR) is 69.1 cm³/mol. The molecule has 0 amide bonds. The predicted octanol–water partition coefficient (Wildman–Crippen LogP) is 2.63. The lowest BCUT2D eigenvalue weighted by molar-refractivity contribution is 0.0702. The van der Waals surface area contributed by atoms with Crippen molar-refractivity contribution in [3.8, 4) is 0 Å². The van der Waals surface area contributed by atoms with Crippen LogP contribution in [0.15, 0.2) is 54.7 Å². The molecule has 2 atom stereocenters. The maximum atomic E-state index is 12.2. The minimum absolute atomic E-state index is 0.0752. The highest BCUT2D eigenvalue weighted by atomic mass is 16.3. The number of aliphatic hydroxyl groups is 1. The maximum absolute atomic E-state index is 12.2. The first-order valence-corrected chi connectivity index (χ1v) is 5.88. The number of nitrogens with zero attached hydrogens (tertiary/aromatic N) is 1. The second kappa shape index (κ2) is 5.56. The van der Waals surface area contributed by atoms with Crippen LogP contribution in [0, 0.1) is 5.92 Å². The minimum Gasteiger partial charge on any atom is -0.386 e. The first kappa shape index (κ1) is 12.5. The standard InChI is InChI=1S/C15H15NO2/c1-11(14(17)12-7-3-2-4-8-12)15(18)13-9-5-6-10-16-13/h2-11,15,18H,1H3. The Morgan fingerprint density at radius 3 is 2.39 bits per heavy atom. The van der Waals surface area contributed by atoms with Gasteiger partial charge >= 0.3 is 0 Å². The zero-order chi connectivity index (χ0) is 13.0. The van der Waals surface area contributed by atoms with Crippen LogP contribution >= 0.6 is 0 Å². The van der Waals surface area contributed by atoms with Gasteiger partial charge in [0.1, 0.15) is 6.10 Å². The van der Waals surface area contributed by atoms with Gasteiger partial charge in [0.05, 0.1) is 11.6 Å². The van der Waals surface area contributed by atoms with Crippen LogP contribution in [-0.2, 0) is 0 Å². The van der Waals surface area contributed by atoms with Crippen LogP contribution in [0.1, 0.15) is 29.1 Å². The Morgan fingerprint density at radius 2 is 1.78 bits per heavy atom. The van der Waals surface area contributed by atoms with E-state index in [1.165, 1.54) is 0 Å². The number of ketones is 1. The lowest BCUT2D eigenvalue weighted by Crippen LogP contribution is -2.20. The molecule has 1 heterocycles. The second-order valence-electron chi connectivity index (χ2n) is 4.22. The molecule has 1 aromatic heterocycles. The summed E-state index contributed by atoms with van der Waals surface area (Å²) >= 11 is 0. The highest BCUT2D eigenvalue weighted by molar-refractivity contribution is 5.97. The van der Waals surface area contributed by atoms with Crippen molar-refractivity contribution in [1.82, 2.24) is 4.98 Å². The van der Waals surface area contributed by atoms with Crippen LogP contribution in [-0.4, -0.2) is 15.9 Å². The van der Waals surface area contributed by atoms with Gasteiger partial charge in [-0.1, -0.05) is 43.3 Å². The largest absolute Gasteiger partial charge is 0.386 e. The number of aliphatic hydroxyl groups excluding tert-OH is 1. The van der Waals surface area contributed by atoms with E-state index < -0.39 is 12.0 Å². The molecule has 0 saturated heterocycles. The smallest absolute Gasteiger partial charge is 0.168 e. The van der Waals surface area contributed by atoms with Crippen molar-refractivity contribution in [3.05, 3.63) is 66.0 Å². The van der Waals surface area contributed by atoms with Crippen molar-refractivity contribution in [1.29, 1.82) is 0 Å². The van der Waals surface area contributed by atoms with Crippen LogP contribution in [0.25, 0.3) is 0 Å². The van der Waals surface area contributed by atoms with Gasteiger partial charge in [0.25, 0.3) is 0 Å². The summed E-state index contributed by atoms with van der Waals surface area (Å²) in [5, 5.41) is 10.1. The van der Waals surface area contributed by atoms with Crippen LogP contribution in [0.4, 0.5) is 0 Å². The van der Waals surface area contributed by atoms with Gasteiger partial charge in [-0.25, -0.2) is 0 Å². The molecule has 0 aliphatic heterocycles. The molecule has 2 unspecified atom stereocenters. The lowest BCUT2D eigenvalue weighted by Gasteiger charge is -2.17. The van der Waals surface area contributed by atoms with Crippen molar-refractivity contribution in [2.45, 2.75) is 13.0 Å². The highest BCUT2D eigenvalue weighted by Crippen LogP contribution is 2.23. The van der Waals surface area contributed by atoms with Crippen molar-refractivity contribution in [3.63, 3.8) is 0 Å². The zero-order valence-corrected chi connectivity index (χ0v) is 10.2. The molecule has 0 spiro atoms. The summed E-state index contributed by atoms with van der Waals surface area (Å²) < 4.78 is 0. The van der Waals surface area contributed by atoms with Crippen molar-refractivity contribution >= 4 is 5.78 Å². The summed E-state index contributed by atoms with van der Waals surface area (Å²) in [6, 6.07) is 14.3. The molecule has 0 radical (unpaired) electrons. The molecule has 1 N–H and O–H groups in total. The average molecular weight is 241 g/mol. The Labute approximate surface area is 106 Å². The molecule has 2 rings (SSSR count). The molecule has 18 heavy (non-hydrogen) atoms. The molecular formula is C15H15NO2. The average Bonchev–Trinajstić information content (AvgIpc) is 2.47. The van der Waals surface area contributed by atoms with Crippen LogP contribution in [0.2, 0.25) is 0 Å². The number of hydrogen-bond acceptors (Lipinski definition) is 3. The quantitative estimate of drug-likeness (QED) is 0.837. The van der Waals surface area contributed by atoms with Gasteiger partial charge in [0.15, 0.2) is 5.78 Å². The Balaban J connectivity index is 2.17. The van der Waals surface area contributed by atoms with E-state index in [0.29, 0.717) is 11.3 Å². The number of aromatic nitrogens is 1. The molecule has 2 aromatic rings. The number of rotatable bonds is 4. The van der Waals surface area contributed by atoms with Gasteiger partial charge in [0.2, 0.25) is 0 Å². The second-order valence-corrected chi connectivity index (χ2v) is 4.22. The maximum Gasteiger partial charge on any atom is 0.168 e. The highest BCUT2D eigenvalue weighted by Gasteiger charge is 2.25. The number of hydrogen-bond donors (Lipinski definition) is 1. The number of pyridine rings is 1. The summed E-state index contributed by atoms with van der Waals surface area (Å²) in [7, 11) is 0. The van der Waals surface area contributed by atoms with E-state index in [1.807, 2.05) is 18.2 Å². The summed E-state index contributed by atoms with van der Waals surface area (Å²) in [6.07, 6.45) is 0.733.